The minimum absolute atomic E-state index is 0.123. The third-order valence-electron chi connectivity index (χ3n) is 7.39. The number of carbonyl (C=O) groups is 1. The maximum atomic E-state index is 13.0. The molecule has 0 bridgehead atoms. The summed E-state index contributed by atoms with van der Waals surface area (Å²) < 4.78 is 8.67. The van der Waals surface area contributed by atoms with Crippen LogP contribution in [0.1, 0.15) is 37.7 Å². The topological polar surface area (TPSA) is 59.4 Å². The number of anilines is 1. The summed E-state index contributed by atoms with van der Waals surface area (Å²) in [6.07, 6.45) is 8.86. The van der Waals surface area contributed by atoms with Crippen LogP contribution in [0, 0.1) is 0 Å². The van der Waals surface area contributed by atoms with Crippen molar-refractivity contribution in [3.63, 3.8) is 0 Å². The smallest absolute Gasteiger partial charge is 0.235 e. The van der Waals surface area contributed by atoms with Gasteiger partial charge in [0, 0.05) is 37.1 Å². The van der Waals surface area contributed by atoms with Gasteiger partial charge in [0.25, 0.3) is 0 Å². The van der Waals surface area contributed by atoms with Crippen LogP contribution in [-0.2, 0) is 10.2 Å². The summed E-state index contributed by atoms with van der Waals surface area (Å²) in [5, 5.41) is 3.18. The maximum absolute atomic E-state index is 13.0. The van der Waals surface area contributed by atoms with E-state index in [-0.39, 0.29) is 12.0 Å². The lowest BCUT2D eigenvalue weighted by molar-refractivity contribution is -0.123. The average molecular weight is 429 g/mol. The van der Waals surface area contributed by atoms with E-state index in [9.17, 15) is 4.79 Å². The Morgan fingerprint density at radius 3 is 2.62 bits per heavy atom. The van der Waals surface area contributed by atoms with Gasteiger partial charge in [-0.25, -0.2) is 4.98 Å². The number of hydrogen-bond acceptors (Lipinski definition) is 4. The highest BCUT2D eigenvalue weighted by atomic mass is 16.5. The predicted molar refractivity (Wildman–Crippen MR) is 124 cm³/mol. The highest BCUT2D eigenvalue weighted by Gasteiger charge is 2.52. The molecule has 2 fully saturated rings. The zero-order valence-corrected chi connectivity index (χ0v) is 18.4. The van der Waals surface area contributed by atoms with E-state index in [0.29, 0.717) is 0 Å². The number of piperidine rings is 1. The van der Waals surface area contributed by atoms with E-state index >= 15 is 0 Å². The number of nitrogens with one attached hydrogen (secondary N) is 1. The fourth-order valence-corrected chi connectivity index (χ4v) is 5.32. The molecule has 1 aromatic heterocycles. The van der Waals surface area contributed by atoms with E-state index in [1.54, 1.807) is 0 Å². The van der Waals surface area contributed by atoms with Gasteiger partial charge < -0.3 is 15.0 Å². The van der Waals surface area contributed by atoms with Gasteiger partial charge in [0.2, 0.25) is 5.91 Å². The second kappa shape index (κ2) is 7.48. The SMILES string of the molecule is CN1CCC(Oc2cc(-n3ccnc3-c3ccccc3)cc3c2NC(=O)C32CCC2)CC1. The van der Waals surface area contributed by atoms with Crippen LogP contribution in [0.4, 0.5) is 5.69 Å². The highest BCUT2D eigenvalue weighted by Crippen LogP contribution is 2.54. The third-order valence-corrected chi connectivity index (χ3v) is 7.39. The van der Waals surface area contributed by atoms with Gasteiger partial charge in [-0.2, -0.15) is 0 Å². The molecule has 1 spiro atoms. The fraction of sp³-hybridized carbons (Fsp3) is 0.385. The van der Waals surface area contributed by atoms with Crippen LogP contribution in [0.15, 0.2) is 54.9 Å². The first-order valence-corrected chi connectivity index (χ1v) is 11.6. The Morgan fingerprint density at radius 1 is 1.12 bits per heavy atom. The minimum atomic E-state index is -0.399. The van der Waals surface area contributed by atoms with E-state index in [1.165, 1.54) is 0 Å². The number of nitrogens with zero attached hydrogens (tertiary/aromatic N) is 3. The van der Waals surface area contributed by atoms with Crippen molar-refractivity contribution in [2.75, 3.05) is 25.5 Å². The number of likely N-dealkylation sites (tertiary alicyclic amines) is 1. The number of ether oxygens (including phenoxy) is 1. The monoisotopic (exact) mass is 428 g/mol. The van der Waals surface area contributed by atoms with Crippen LogP contribution in [0.3, 0.4) is 0 Å². The first-order chi connectivity index (χ1) is 15.6. The molecular formula is C26H28N4O2. The first-order valence-electron chi connectivity index (χ1n) is 11.6. The molecule has 1 aliphatic carbocycles. The summed E-state index contributed by atoms with van der Waals surface area (Å²) in [7, 11) is 2.15. The van der Waals surface area contributed by atoms with Gasteiger partial charge in [0.05, 0.1) is 16.8 Å². The first kappa shape index (κ1) is 19.6. The van der Waals surface area contributed by atoms with E-state index in [0.717, 1.165) is 79.3 Å². The number of rotatable bonds is 4. The second-order valence-corrected chi connectivity index (χ2v) is 9.36. The molecule has 0 radical (unpaired) electrons. The maximum Gasteiger partial charge on any atom is 0.235 e. The van der Waals surface area contributed by atoms with Gasteiger partial charge in [-0.05, 0) is 44.4 Å². The standard InChI is InChI=1S/C26H28N4O2/c1-29-13-8-20(9-14-29)32-22-17-19(16-21-23(22)28-25(31)26(21)10-5-11-26)30-15-12-27-24(30)18-6-3-2-4-7-18/h2-4,6-7,12,15-17,20H,5,8-11,13-14H2,1H3,(H,28,31). The lowest BCUT2D eigenvalue weighted by Gasteiger charge is -2.36. The molecule has 2 aromatic carbocycles. The lowest BCUT2D eigenvalue weighted by Crippen LogP contribution is -2.40. The Balaban J connectivity index is 1.45. The van der Waals surface area contributed by atoms with Crippen molar-refractivity contribution in [1.82, 2.24) is 14.5 Å². The second-order valence-electron chi connectivity index (χ2n) is 9.36. The van der Waals surface area contributed by atoms with Crippen molar-refractivity contribution in [3.05, 3.63) is 60.4 Å². The van der Waals surface area contributed by atoms with Crippen molar-refractivity contribution in [3.8, 4) is 22.8 Å². The fourth-order valence-electron chi connectivity index (χ4n) is 5.32. The lowest BCUT2D eigenvalue weighted by atomic mass is 9.65. The Hall–Kier alpha value is -3.12. The Bertz CT molecular complexity index is 1160. The van der Waals surface area contributed by atoms with Crippen LogP contribution in [0.5, 0.6) is 5.75 Å². The van der Waals surface area contributed by atoms with Crippen molar-refractivity contribution < 1.29 is 9.53 Å². The molecule has 32 heavy (non-hydrogen) atoms. The van der Waals surface area contributed by atoms with Crippen LogP contribution in [0.2, 0.25) is 0 Å². The van der Waals surface area contributed by atoms with Gasteiger partial charge in [-0.15, -0.1) is 0 Å². The van der Waals surface area contributed by atoms with Crippen molar-refractivity contribution in [2.45, 2.75) is 43.6 Å². The number of carbonyl (C=O) groups excluding carboxylic acids is 1. The average Bonchev–Trinajstić information content (AvgIpc) is 3.38. The van der Waals surface area contributed by atoms with Crippen molar-refractivity contribution in [2.24, 2.45) is 0 Å². The Kier molecular flexibility index (Phi) is 4.57. The quantitative estimate of drug-likeness (QED) is 0.670. The number of imidazole rings is 1. The van der Waals surface area contributed by atoms with Gasteiger partial charge in [-0.3, -0.25) is 9.36 Å². The molecule has 0 unspecified atom stereocenters. The van der Waals surface area contributed by atoms with Gasteiger partial charge in [0.1, 0.15) is 17.7 Å². The van der Waals surface area contributed by atoms with Crippen LogP contribution in [-0.4, -0.2) is 46.6 Å². The number of benzene rings is 2. The summed E-state index contributed by atoms with van der Waals surface area (Å²) in [4.78, 5) is 20.0. The van der Waals surface area contributed by atoms with Crippen molar-refractivity contribution >= 4 is 11.6 Å². The molecule has 6 rings (SSSR count). The molecule has 3 aliphatic rings. The summed E-state index contributed by atoms with van der Waals surface area (Å²) in [6.45, 7) is 2.06. The minimum Gasteiger partial charge on any atom is -0.488 e. The van der Waals surface area contributed by atoms with Gasteiger partial charge >= 0.3 is 0 Å². The summed E-state index contributed by atoms with van der Waals surface area (Å²) in [6, 6.07) is 14.4. The predicted octanol–water partition coefficient (Wildman–Crippen LogP) is 4.39. The summed E-state index contributed by atoms with van der Waals surface area (Å²) in [5.41, 5.74) is 3.61. The summed E-state index contributed by atoms with van der Waals surface area (Å²) in [5.74, 6) is 1.80. The molecule has 1 saturated heterocycles. The molecule has 1 N–H and O–H groups in total. The van der Waals surface area contributed by atoms with E-state index in [1.807, 2.05) is 30.6 Å². The van der Waals surface area contributed by atoms with Crippen LogP contribution < -0.4 is 10.1 Å². The van der Waals surface area contributed by atoms with E-state index in [2.05, 4.69) is 51.1 Å². The molecule has 164 valence electrons. The highest BCUT2D eigenvalue weighted by molar-refractivity contribution is 6.08. The zero-order chi connectivity index (χ0) is 21.7. The zero-order valence-electron chi connectivity index (χ0n) is 18.4. The summed E-state index contributed by atoms with van der Waals surface area (Å²) >= 11 is 0. The third kappa shape index (κ3) is 3.05. The largest absolute Gasteiger partial charge is 0.488 e. The molecule has 1 saturated carbocycles. The molecule has 3 heterocycles. The molecule has 6 heteroatoms. The Morgan fingerprint density at radius 2 is 1.91 bits per heavy atom. The molecule has 3 aromatic rings. The molecule has 1 amide bonds. The molecule has 0 atom stereocenters. The van der Waals surface area contributed by atoms with Gasteiger partial charge in [-0.1, -0.05) is 36.8 Å². The van der Waals surface area contributed by atoms with Crippen LogP contribution >= 0.6 is 0 Å². The number of amides is 1. The van der Waals surface area contributed by atoms with E-state index in [4.69, 9.17) is 4.74 Å². The Labute approximate surface area is 188 Å². The van der Waals surface area contributed by atoms with Gasteiger partial charge in [0.15, 0.2) is 0 Å². The normalized spacial score (nSPS) is 20.1. The van der Waals surface area contributed by atoms with E-state index < -0.39 is 5.41 Å². The molecule has 2 aliphatic heterocycles. The molecule has 6 nitrogen and oxygen atoms in total. The number of fused-ring (bicyclic) bond motifs is 2. The number of aromatic nitrogens is 2. The molecular weight excluding hydrogens is 400 g/mol. The van der Waals surface area contributed by atoms with Crippen LogP contribution in [0.25, 0.3) is 17.1 Å². The number of hydrogen-bond donors (Lipinski definition) is 1. The van der Waals surface area contributed by atoms with Crippen molar-refractivity contribution in [1.29, 1.82) is 0 Å².